The summed E-state index contributed by atoms with van der Waals surface area (Å²) in [6, 6.07) is 0.377. The first-order valence-electron chi connectivity index (χ1n) is 8.68. The van der Waals surface area contributed by atoms with Gasteiger partial charge in [-0.2, -0.15) is 4.98 Å². The summed E-state index contributed by atoms with van der Waals surface area (Å²) in [6.07, 6.45) is 4.87. The van der Waals surface area contributed by atoms with E-state index < -0.39 is 0 Å². The molecule has 0 spiro atoms. The van der Waals surface area contributed by atoms with Crippen LogP contribution in [0.4, 0.5) is 0 Å². The number of aromatic nitrogens is 2. The summed E-state index contributed by atoms with van der Waals surface area (Å²) in [7, 11) is 0. The number of aliphatic imine (C=N–C) groups is 1. The number of hydrogen-bond acceptors (Lipinski definition) is 5. The quantitative estimate of drug-likeness (QED) is 0.612. The zero-order valence-corrected chi connectivity index (χ0v) is 14.2. The maximum Gasteiger partial charge on any atom is 0.228 e. The first-order chi connectivity index (χ1) is 11.2. The van der Waals surface area contributed by atoms with Crippen LogP contribution in [0.1, 0.15) is 57.7 Å². The summed E-state index contributed by atoms with van der Waals surface area (Å²) in [5.41, 5.74) is 0. The molecule has 2 fully saturated rings. The van der Waals surface area contributed by atoms with Crippen molar-refractivity contribution >= 4 is 5.96 Å². The fourth-order valence-electron chi connectivity index (χ4n) is 3.15. The zero-order chi connectivity index (χ0) is 16.2. The minimum atomic E-state index is 0.285. The summed E-state index contributed by atoms with van der Waals surface area (Å²) in [4.78, 5) is 9.00. The standard InChI is InChI=1S/C16H27N5O2/c1-4-17-16(19-12-9-11-5-6-13(12)22-11)18-8-7-14-20-15(10(2)3)21-23-14/h10-13H,4-9H2,1-3H3,(H2,17,18,19). The molecular weight excluding hydrogens is 294 g/mol. The van der Waals surface area contributed by atoms with Gasteiger partial charge in [0.05, 0.1) is 24.8 Å². The Labute approximate surface area is 137 Å². The van der Waals surface area contributed by atoms with Crippen molar-refractivity contribution < 1.29 is 9.26 Å². The number of guanidine groups is 1. The van der Waals surface area contributed by atoms with Crippen LogP contribution in [-0.4, -0.2) is 47.4 Å². The van der Waals surface area contributed by atoms with E-state index in [9.17, 15) is 0 Å². The van der Waals surface area contributed by atoms with Gasteiger partial charge in [0.25, 0.3) is 0 Å². The lowest BCUT2D eigenvalue weighted by Crippen LogP contribution is -2.47. The average molecular weight is 321 g/mol. The number of nitrogens with one attached hydrogen (secondary N) is 2. The molecule has 3 heterocycles. The Kier molecular flexibility index (Phi) is 5.15. The Bertz CT molecular complexity index is 542. The Morgan fingerprint density at radius 2 is 2.26 bits per heavy atom. The second kappa shape index (κ2) is 7.29. The van der Waals surface area contributed by atoms with Crippen molar-refractivity contribution in [2.75, 3.05) is 13.1 Å². The van der Waals surface area contributed by atoms with Gasteiger partial charge in [-0.1, -0.05) is 19.0 Å². The highest BCUT2D eigenvalue weighted by Gasteiger charge is 2.41. The predicted molar refractivity (Wildman–Crippen MR) is 87.5 cm³/mol. The molecule has 0 radical (unpaired) electrons. The van der Waals surface area contributed by atoms with Gasteiger partial charge >= 0.3 is 0 Å². The SMILES string of the molecule is CCNC(=NCCc1nc(C(C)C)no1)NC1CC2CCC1O2. The maximum atomic E-state index is 5.88. The Morgan fingerprint density at radius 1 is 1.39 bits per heavy atom. The van der Waals surface area contributed by atoms with E-state index in [0.717, 1.165) is 31.2 Å². The summed E-state index contributed by atoms with van der Waals surface area (Å²) >= 11 is 0. The number of nitrogens with zero attached hydrogens (tertiary/aromatic N) is 3. The minimum Gasteiger partial charge on any atom is -0.373 e. The molecule has 2 aliphatic rings. The molecule has 3 atom stereocenters. The van der Waals surface area contributed by atoms with Gasteiger partial charge in [0, 0.05) is 18.9 Å². The molecule has 2 bridgehead atoms. The van der Waals surface area contributed by atoms with Crippen molar-refractivity contribution in [1.82, 2.24) is 20.8 Å². The molecule has 2 saturated heterocycles. The second-order valence-corrected chi connectivity index (χ2v) is 6.57. The molecule has 1 aromatic rings. The van der Waals surface area contributed by atoms with Gasteiger partial charge in [-0.05, 0) is 26.2 Å². The number of ether oxygens (including phenoxy) is 1. The Balaban J connectivity index is 1.51. The highest BCUT2D eigenvalue weighted by molar-refractivity contribution is 5.80. The first-order valence-corrected chi connectivity index (χ1v) is 8.68. The second-order valence-electron chi connectivity index (χ2n) is 6.57. The largest absolute Gasteiger partial charge is 0.373 e. The van der Waals surface area contributed by atoms with Crippen LogP contribution in [0.2, 0.25) is 0 Å². The van der Waals surface area contributed by atoms with Crippen molar-refractivity contribution in [2.24, 2.45) is 4.99 Å². The number of rotatable bonds is 6. The fourth-order valence-corrected chi connectivity index (χ4v) is 3.15. The monoisotopic (exact) mass is 321 g/mol. The highest BCUT2D eigenvalue weighted by Crippen LogP contribution is 2.34. The first kappa shape index (κ1) is 16.2. The number of hydrogen-bond donors (Lipinski definition) is 2. The van der Waals surface area contributed by atoms with Gasteiger partial charge in [-0.15, -0.1) is 0 Å². The van der Waals surface area contributed by atoms with Gasteiger partial charge in [-0.3, -0.25) is 4.99 Å². The molecule has 0 aliphatic carbocycles. The smallest absolute Gasteiger partial charge is 0.228 e. The normalized spacial score (nSPS) is 27.0. The van der Waals surface area contributed by atoms with Gasteiger partial charge in [0.15, 0.2) is 11.8 Å². The van der Waals surface area contributed by atoms with Crippen molar-refractivity contribution in [1.29, 1.82) is 0 Å². The molecule has 3 rings (SSSR count). The molecule has 2 aliphatic heterocycles. The zero-order valence-electron chi connectivity index (χ0n) is 14.2. The highest BCUT2D eigenvalue weighted by atomic mass is 16.5. The Hall–Kier alpha value is -1.63. The van der Waals surface area contributed by atoms with E-state index in [1.165, 1.54) is 6.42 Å². The van der Waals surface area contributed by atoms with E-state index in [0.29, 0.717) is 37.1 Å². The average Bonchev–Trinajstić information content (AvgIpc) is 3.23. The van der Waals surface area contributed by atoms with E-state index in [2.05, 4.69) is 46.5 Å². The third-order valence-electron chi connectivity index (χ3n) is 4.37. The van der Waals surface area contributed by atoms with Crippen LogP contribution >= 0.6 is 0 Å². The summed E-state index contributed by atoms with van der Waals surface area (Å²) in [5.74, 6) is 2.54. The molecule has 1 aromatic heterocycles. The van der Waals surface area contributed by atoms with Crippen LogP contribution in [-0.2, 0) is 11.2 Å². The van der Waals surface area contributed by atoms with E-state index >= 15 is 0 Å². The van der Waals surface area contributed by atoms with Crippen molar-refractivity contribution in [3.8, 4) is 0 Å². The van der Waals surface area contributed by atoms with Crippen molar-refractivity contribution in [3.63, 3.8) is 0 Å². The van der Waals surface area contributed by atoms with Gasteiger partial charge in [0.1, 0.15) is 0 Å². The molecule has 7 nitrogen and oxygen atoms in total. The third kappa shape index (κ3) is 4.02. The predicted octanol–water partition coefficient (Wildman–Crippen LogP) is 1.61. The lowest BCUT2D eigenvalue weighted by atomic mass is 9.96. The molecule has 128 valence electrons. The summed E-state index contributed by atoms with van der Waals surface area (Å²) in [5, 5.41) is 10.8. The van der Waals surface area contributed by atoms with Crippen LogP contribution < -0.4 is 10.6 Å². The van der Waals surface area contributed by atoms with Crippen LogP contribution in [0.3, 0.4) is 0 Å². The topological polar surface area (TPSA) is 84.6 Å². The molecule has 23 heavy (non-hydrogen) atoms. The van der Waals surface area contributed by atoms with Crippen LogP contribution in [0.15, 0.2) is 9.52 Å². The lowest BCUT2D eigenvalue weighted by Gasteiger charge is -2.22. The third-order valence-corrected chi connectivity index (χ3v) is 4.37. The Morgan fingerprint density at radius 3 is 2.87 bits per heavy atom. The molecule has 3 unspecified atom stereocenters. The van der Waals surface area contributed by atoms with Gasteiger partial charge < -0.3 is 19.9 Å². The molecule has 7 heteroatoms. The van der Waals surface area contributed by atoms with Gasteiger partial charge in [0.2, 0.25) is 5.89 Å². The van der Waals surface area contributed by atoms with Crippen LogP contribution in [0.25, 0.3) is 0 Å². The molecule has 2 N–H and O–H groups in total. The van der Waals surface area contributed by atoms with Gasteiger partial charge in [-0.25, -0.2) is 0 Å². The lowest BCUT2D eigenvalue weighted by molar-refractivity contribution is 0.0992. The van der Waals surface area contributed by atoms with E-state index in [4.69, 9.17) is 9.26 Å². The fraction of sp³-hybridized carbons (Fsp3) is 0.812. The minimum absolute atomic E-state index is 0.285. The van der Waals surface area contributed by atoms with Crippen LogP contribution in [0, 0.1) is 0 Å². The molecule has 0 aromatic carbocycles. The van der Waals surface area contributed by atoms with Crippen molar-refractivity contribution in [2.45, 2.75) is 70.6 Å². The van der Waals surface area contributed by atoms with E-state index in [1.54, 1.807) is 0 Å². The van der Waals surface area contributed by atoms with Crippen LogP contribution in [0.5, 0.6) is 0 Å². The maximum absolute atomic E-state index is 5.88. The summed E-state index contributed by atoms with van der Waals surface area (Å²) in [6.45, 7) is 7.64. The van der Waals surface area contributed by atoms with E-state index in [1.807, 2.05) is 0 Å². The number of fused-ring (bicyclic) bond motifs is 2. The molecule has 0 saturated carbocycles. The molecule has 0 amide bonds. The van der Waals surface area contributed by atoms with E-state index in [-0.39, 0.29) is 5.92 Å². The van der Waals surface area contributed by atoms with Crippen molar-refractivity contribution in [3.05, 3.63) is 11.7 Å². The molecular formula is C16H27N5O2. The summed E-state index contributed by atoms with van der Waals surface area (Å²) < 4.78 is 11.1.